The van der Waals surface area contributed by atoms with Gasteiger partial charge in [0.2, 0.25) is 0 Å². The van der Waals surface area contributed by atoms with Crippen molar-refractivity contribution in [1.29, 1.82) is 0 Å². The first kappa shape index (κ1) is 14.6. The molecule has 0 saturated heterocycles. The Bertz CT molecular complexity index is 338. The van der Waals surface area contributed by atoms with Gasteiger partial charge in [-0.25, -0.2) is 4.39 Å². The molecule has 1 aromatic carbocycles. The Balaban J connectivity index is 0.00000196. The van der Waals surface area contributed by atoms with Gasteiger partial charge < -0.3 is 15.9 Å². The van der Waals surface area contributed by atoms with Crippen LogP contribution in [0.25, 0.3) is 0 Å². The van der Waals surface area contributed by atoms with Crippen LogP contribution in [0.15, 0.2) is 16.6 Å². The molecule has 0 unspecified atom stereocenters. The summed E-state index contributed by atoms with van der Waals surface area (Å²) in [4.78, 5) is 0. The molecule has 0 saturated carbocycles. The summed E-state index contributed by atoms with van der Waals surface area (Å²) in [6.45, 7) is -0.102. The van der Waals surface area contributed by atoms with Gasteiger partial charge in [-0.05, 0) is 34.5 Å². The molecule has 0 amide bonds. The van der Waals surface area contributed by atoms with Gasteiger partial charge in [-0.3, -0.25) is 0 Å². The van der Waals surface area contributed by atoms with E-state index in [4.69, 9.17) is 10.8 Å². The molecule has 0 radical (unpaired) electrons. The fraction of sp³-hybridized carbons (Fsp3) is 0.333. The third kappa shape index (κ3) is 3.61. The Morgan fingerprint density at radius 2 is 2.07 bits per heavy atom. The molecule has 0 spiro atoms. The van der Waals surface area contributed by atoms with E-state index in [0.717, 1.165) is 6.07 Å². The first-order valence-electron chi connectivity index (χ1n) is 4.10. The summed E-state index contributed by atoms with van der Waals surface area (Å²) < 4.78 is 13.2. The molecule has 1 atom stereocenters. The van der Waals surface area contributed by atoms with Crippen molar-refractivity contribution in [2.45, 2.75) is 12.5 Å². The van der Waals surface area contributed by atoms with Gasteiger partial charge in [0.15, 0.2) is 0 Å². The van der Waals surface area contributed by atoms with Gasteiger partial charge in [0.1, 0.15) is 11.6 Å². The molecular weight excluding hydrogens is 288 g/mol. The minimum Gasteiger partial charge on any atom is -0.506 e. The maximum Gasteiger partial charge on any atom is 0.134 e. The normalized spacial score (nSPS) is 12.0. The minimum atomic E-state index is -0.563. The van der Waals surface area contributed by atoms with Crippen molar-refractivity contribution in [1.82, 2.24) is 0 Å². The highest BCUT2D eigenvalue weighted by molar-refractivity contribution is 9.10. The number of aliphatic hydroxyl groups excluding tert-OH is 1. The summed E-state index contributed by atoms with van der Waals surface area (Å²) in [5.74, 6) is -0.551. The number of hydrogen-bond acceptors (Lipinski definition) is 3. The van der Waals surface area contributed by atoms with Gasteiger partial charge in [-0.2, -0.15) is 0 Å². The van der Waals surface area contributed by atoms with Crippen molar-refractivity contribution >= 4 is 28.3 Å². The molecule has 0 fully saturated rings. The molecule has 1 rings (SSSR count). The van der Waals surface area contributed by atoms with Crippen molar-refractivity contribution in [3.8, 4) is 5.75 Å². The van der Waals surface area contributed by atoms with E-state index in [0.29, 0.717) is 5.56 Å². The number of halogens is 3. The largest absolute Gasteiger partial charge is 0.506 e. The van der Waals surface area contributed by atoms with Gasteiger partial charge in [-0.1, -0.05) is 0 Å². The van der Waals surface area contributed by atoms with Gasteiger partial charge in [-0.15, -0.1) is 12.4 Å². The number of aliphatic hydroxyl groups is 1. The topological polar surface area (TPSA) is 66.5 Å². The molecule has 0 aromatic heterocycles. The van der Waals surface area contributed by atoms with Crippen LogP contribution in [0.5, 0.6) is 5.75 Å². The van der Waals surface area contributed by atoms with Crippen LogP contribution in [0.3, 0.4) is 0 Å². The Morgan fingerprint density at radius 1 is 1.47 bits per heavy atom. The molecule has 0 aliphatic rings. The highest BCUT2D eigenvalue weighted by Gasteiger charge is 2.14. The number of phenols is 1. The lowest BCUT2D eigenvalue weighted by Gasteiger charge is -2.13. The summed E-state index contributed by atoms with van der Waals surface area (Å²) in [5.41, 5.74) is 5.93. The van der Waals surface area contributed by atoms with Crippen molar-refractivity contribution in [2.75, 3.05) is 6.61 Å². The standard InChI is InChI=1S/C9H11BrFNO2.ClH/c10-7-4-5(11)3-6(9(7)14)8(12)1-2-13;/h3-4,8,13-14H,1-2,12H2;1H/t8-;/m1./s1. The Morgan fingerprint density at radius 3 is 2.60 bits per heavy atom. The lowest BCUT2D eigenvalue weighted by Crippen LogP contribution is -2.12. The molecule has 0 heterocycles. The van der Waals surface area contributed by atoms with Crippen molar-refractivity contribution < 1.29 is 14.6 Å². The number of aromatic hydroxyl groups is 1. The summed E-state index contributed by atoms with van der Waals surface area (Å²) in [7, 11) is 0. The Hall–Kier alpha value is -0.360. The Kier molecular flexibility index (Phi) is 6.12. The molecule has 15 heavy (non-hydrogen) atoms. The van der Waals surface area contributed by atoms with Crippen LogP contribution >= 0.6 is 28.3 Å². The zero-order valence-electron chi connectivity index (χ0n) is 7.78. The molecule has 0 bridgehead atoms. The zero-order valence-corrected chi connectivity index (χ0v) is 10.2. The van der Waals surface area contributed by atoms with Crippen LogP contribution in [0, 0.1) is 5.82 Å². The number of benzene rings is 1. The van der Waals surface area contributed by atoms with Crippen LogP contribution in [-0.2, 0) is 0 Å². The fourth-order valence-corrected chi connectivity index (χ4v) is 1.61. The highest BCUT2D eigenvalue weighted by Crippen LogP contribution is 2.33. The number of phenolic OH excluding ortho intramolecular Hbond substituents is 1. The van der Waals surface area contributed by atoms with Crippen molar-refractivity contribution in [3.63, 3.8) is 0 Å². The smallest absolute Gasteiger partial charge is 0.134 e. The molecule has 6 heteroatoms. The van der Waals surface area contributed by atoms with Crippen LogP contribution in [0.2, 0.25) is 0 Å². The molecule has 1 aromatic rings. The van der Waals surface area contributed by atoms with E-state index in [1.54, 1.807) is 0 Å². The van der Waals surface area contributed by atoms with Gasteiger partial charge in [0.25, 0.3) is 0 Å². The highest BCUT2D eigenvalue weighted by atomic mass is 79.9. The quantitative estimate of drug-likeness (QED) is 0.801. The Labute approximate surface area is 102 Å². The second kappa shape index (κ2) is 6.27. The van der Waals surface area contributed by atoms with Crippen molar-refractivity contribution in [3.05, 3.63) is 28.0 Å². The first-order chi connectivity index (χ1) is 6.56. The number of rotatable bonds is 3. The van der Waals surface area contributed by atoms with Crippen molar-refractivity contribution in [2.24, 2.45) is 5.73 Å². The first-order valence-corrected chi connectivity index (χ1v) is 4.90. The average molecular weight is 301 g/mol. The number of nitrogens with two attached hydrogens (primary N) is 1. The predicted octanol–water partition coefficient (Wildman–Crippen LogP) is 2.10. The van der Waals surface area contributed by atoms with E-state index in [1.165, 1.54) is 6.07 Å². The van der Waals surface area contributed by atoms with E-state index in [2.05, 4.69) is 15.9 Å². The van der Waals surface area contributed by atoms with Crippen LogP contribution in [0.1, 0.15) is 18.0 Å². The van der Waals surface area contributed by atoms with E-state index in [-0.39, 0.29) is 35.7 Å². The lowest BCUT2D eigenvalue weighted by atomic mass is 10.0. The zero-order chi connectivity index (χ0) is 10.7. The van der Waals surface area contributed by atoms with E-state index in [9.17, 15) is 9.50 Å². The SMILES string of the molecule is Cl.N[C@H](CCO)c1cc(F)cc(Br)c1O. The summed E-state index contributed by atoms with van der Waals surface area (Å²) in [6, 6.07) is 1.76. The third-order valence-electron chi connectivity index (χ3n) is 1.90. The van der Waals surface area contributed by atoms with E-state index >= 15 is 0 Å². The van der Waals surface area contributed by atoms with Gasteiger partial charge in [0.05, 0.1) is 4.47 Å². The lowest BCUT2D eigenvalue weighted by molar-refractivity contribution is 0.275. The minimum absolute atomic E-state index is 0. The van der Waals surface area contributed by atoms with Gasteiger partial charge in [0, 0.05) is 18.2 Å². The van der Waals surface area contributed by atoms with Gasteiger partial charge >= 0.3 is 0 Å². The van der Waals surface area contributed by atoms with E-state index in [1.807, 2.05) is 0 Å². The second-order valence-electron chi connectivity index (χ2n) is 2.94. The van der Waals surface area contributed by atoms with Crippen LogP contribution < -0.4 is 5.73 Å². The monoisotopic (exact) mass is 299 g/mol. The fourth-order valence-electron chi connectivity index (χ4n) is 1.16. The molecule has 0 aliphatic heterocycles. The molecule has 3 nitrogen and oxygen atoms in total. The molecule has 86 valence electrons. The predicted molar refractivity (Wildman–Crippen MR) is 61.6 cm³/mol. The summed E-state index contributed by atoms with van der Waals surface area (Å²) in [5, 5.41) is 18.2. The summed E-state index contributed by atoms with van der Waals surface area (Å²) in [6.07, 6.45) is 0.281. The number of hydrogen-bond donors (Lipinski definition) is 3. The van der Waals surface area contributed by atoms with E-state index < -0.39 is 11.9 Å². The third-order valence-corrected chi connectivity index (χ3v) is 2.50. The van der Waals surface area contributed by atoms with Crippen LogP contribution in [0.4, 0.5) is 4.39 Å². The molecule has 4 N–H and O–H groups in total. The summed E-state index contributed by atoms with van der Waals surface area (Å²) >= 11 is 3.01. The average Bonchev–Trinajstić information content (AvgIpc) is 2.11. The molecule has 0 aliphatic carbocycles. The molecular formula is C9H12BrClFNO2. The second-order valence-corrected chi connectivity index (χ2v) is 3.80. The van der Waals surface area contributed by atoms with Crippen LogP contribution in [-0.4, -0.2) is 16.8 Å². The maximum absolute atomic E-state index is 12.9. The maximum atomic E-state index is 12.9.